The van der Waals surface area contributed by atoms with Gasteiger partial charge in [0, 0.05) is 54.2 Å². The molecule has 1 fully saturated rings. The number of hydrogen-bond donors (Lipinski definition) is 1. The number of allylic oxidation sites excluding steroid dienone is 5. The number of nitrogens with one attached hydrogen (secondary N) is 1. The third kappa shape index (κ3) is 5.73. The summed E-state index contributed by atoms with van der Waals surface area (Å²) < 4.78 is 25.8. The van der Waals surface area contributed by atoms with Gasteiger partial charge in [0.15, 0.2) is 0 Å². The number of nitriles is 1. The molecule has 1 aliphatic rings. The number of sulfonamides is 1. The van der Waals surface area contributed by atoms with Crippen LogP contribution in [0.4, 0.5) is 5.69 Å². The molecule has 0 unspecified atom stereocenters. The Kier molecular flexibility index (Phi) is 7.85. The lowest BCUT2D eigenvalue weighted by Crippen LogP contribution is -2.42. The lowest BCUT2D eigenvalue weighted by atomic mass is 9.99. The minimum atomic E-state index is -3.15. The number of nitrogens with zero attached hydrogens (tertiary/aromatic N) is 3. The second kappa shape index (κ2) is 10.6. The molecule has 1 N–H and O–H groups in total. The molecule has 6 nitrogen and oxygen atoms in total. The van der Waals surface area contributed by atoms with Crippen LogP contribution in [-0.2, 0) is 10.0 Å². The van der Waals surface area contributed by atoms with Crippen molar-refractivity contribution in [1.29, 1.82) is 5.26 Å². The molecule has 2 heterocycles. The molecule has 0 spiro atoms. The third-order valence-electron chi connectivity index (χ3n) is 5.35. The maximum atomic E-state index is 12.1. The van der Waals surface area contributed by atoms with Crippen molar-refractivity contribution in [1.82, 2.24) is 9.29 Å². The molecule has 3 rings (SSSR count). The zero-order chi connectivity index (χ0) is 22.3. The van der Waals surface area contributed by atoms with Crippen molar-refractivity contribution in [2.45, 2.75) is 25.8 Å². The van der Waals surface area contributed by atoms with E-state index in [4.69, 9.17) is 16.9 Å². The summed E-state index contributed by atoms with van der Waals surface area (Å²) in [6, 6.07) is 8.20. The second-order valence-corrected chi connectivity index (χ2v) is 9.75. The minimum Gasteiger partial charge on any atom is -0.382 e. The lowest BCUT2D eigenvalue weighted by molar-refractivity contribution is 0.330. The van der Waals surface area contributed by atoms with E-state index in [1.165, 1.54) is 11.6 Å². The number of halogens is 1. The lowest BCUT2D eigenvalue weighted by Gasteiger charge is -2.32. The van der Waals surface area contributed by atoms with E-state index in [-0.39, 0.29) is 11.8 Å². The molecular formula is C23H25ClN4O2S. The molecule has 8 heteroatoms. The summed E-state index contributed by atoms with van der Waals surface area (Å²) in [5.41, 5.74) is 4.20. The van der Waals surface area contributed by atoms with E-state index < -0.39 is 10.0 Å². The molecule has 0 aliphatic carbocycles. The molecule has 0 radical (unpaired) electrons. The Morgan fingerprint density at radius 2 is 2.16 bits per heavy atom. The molecule has 31 heavy (non-hydrogen) atoms. The highest BCUT2D eigenvalue weighted by atomic mass is 35.5. The average Bonchev–Trinajstić information content (AvgIpc) is 2.79. The van der Waals surface area contributed by atoms with Gasteiger partial charge in [0.05, 0.1) is 11.8 Å². The molecule has 0 saturated carbocycles. The number of rotatable bonds is 7. The predicted octanol–water partition coefficient (Wildman–Crippen LogP) is 4.68. The van der Waals surface area contributed by atoms with Crippen molar-refractivity contribution in [2.24, 2.45) is 0 Å². The quantitative estimate of drug-likeness (QED) is 0.483. The summed E-state index contributed by atoms with van der Waals surface area (Å²) in [4.78, 5) is 4.27. The van der Waals surface area contributed by atoms with Gasteiger partial charge in [0.1, 0.15) is 0 Å². The van der Waals surface area contributed by atoms with E-state index in [1.54, 1.807) is 29.6 Å². The van der Waals surface area contributed by atoms with Crippen LogP contribution in [0, 0.1) is 11.3 Å². The maximum absolute atomic E-state index is 12.1. The number of fused-ring (bicyclic) bond motifs is 1. The van der Waals surface area contributed by atoms with Crippen molar-refractivity contribution in [3.63, 3.8) is 0 Å². The number of pyridine rings is 1. The summed E-state index contributed by atoms with van der Waals surface area (Å²) in [7, 11) is -3.15. The first kappa shape index (κ1) is 23.0. The normalized spacial score (nSPS) is 16.9. The van der Waals surface area contributed by atoms with E-state index in [9.17, 15) is 8.42 Å². The van der Waals surface area contributed by atoms with Crippen molar-refractivity contribution < 1.29 is 8.42 Å². The Bertz CT molecular complexity index is 1160. The summed E-state index contributed by atoms with van der Waals surface area (Å²) in [5.74, 6) is 0.132. The van der Waals surface area contributed by atoms with Crippen molar-refractivity contribution in [3.8, 4) is 6.07 Å². The number of anilines is 1. The highest BCUT2D eigenvalue weighted by Crippen LogP contribution is 2.31. The summed E-state index contributed by atoms with van der Waals surface area (Å²) in [6.45, 7) is 2.71. The van der Waals surface area contributed by atoms with Crippen molar-refractivity contribution in [2.75, 3.05) is 24.2 Å². The topological polar surface area (TPSA) is 86.1 Å². The molecule has 162 valence electrons. The van der Waals surface area contributed by atoms with Gasteiger partial charge in [-0.25, -0.2) is 12.7 Å². The molecule has 0 atom stereocenters. The molecule has 0 bridgehead atoms. The molecule has 1 saturated heterocycles. The maximum Gasteiger partial charge on any atom is 0.213 e. The first-order valence-corrected chi connectivity index (χ1v) is 12.2. The minimum absolute atomic E-state index is 0.132. The van der Waals surface area contributed by atoms with Crippen LogP contribution < -0.4 is 5.32 Å². The Labute approximate surface area is 188 Å². The van der Waals surface area contributed by atoms with E-state index in [1.807, 2.05) is 30.5 Å². The Morgan fingerprint density at radius 3 is 2.84 bits per heavy atom. The Balaban J connectivity index is 1.91. The summed E-state index contributed by atoms with van der Waals surface area (Å²) >= 11 is 5.85. The van der Waals surface area contributed by atoms with Crippen LogP contribution in [0.25, 0.3) is 16.3 Å². The van der Waals surface area contributed by atoms with E-state index in [0.717, 1.165) is 40.4 Å². The van der Waals surface area contributed by atoms with Gasteiger partial charge < -0.3 is 5.32 Å². The molecule has 1 aliphatic heterocycles. The van der Waals surface area contributed by atoms with Gasteiger partial charge in [-0.2, -0.15) is 5.26 Å². The first-order valence-electron chi connectivity index (χ1n) is 10.1. The zero-order valence-corrected chi connectivity index (χ0v) is 18.9. The van der Waals surface area contributed by atoms with Gasteiger partial charge in [-0.1, -0.05) is 23.8 Å². The number of piperidine rings is 1. The van der Waals surface area contributed by atoms with E-state index in [2.05, 4.69) is 16.4 Å². The summed E-state index contributed by atoms with van der Waals surface area (Å²) in [5, 5.41) is 14.4. The predicted molar refractivity (Wildman–Crippen MR) is 127 cm³/mol. The number of aromatic nitrogens is 1. The third-order valence-corrected chi connectivity index (χ3v) is 7.36. The molecular weight excluding hydrogens is 432 g/mol. The highest BCUT2D eigenvalue weighted by molar-refractivity contribution is 7.89. The van der Waals surface area contributed by atoms with Gasteiger partial charge in [0.25, 0.3) is 0 Å². The number of benzene rings is 1. The fraction of sp³-hybridized carbons (Fsp3) is 0.304. The second-order valence-electron chi connectivity index (χ2n) is 7.24. The van der Waals surface area contributed by atoms with E-state index >= 15 is 0 Å². The van der Waals surface area contributed by atoms with Gasteiger partial charge >= 0.3 is 0 Å². The van der Waals surface area contributed by atoms with E-state index in [0.29, 0.717) is 13.1 Å². The SMILES string of the molecule is CCS(=O)(=O)N1CCC(Nc2cc(C(/C=C/Cl)=C/C=C/C#N)cc3ccncc23)CC1. The van der Waals surface area contributed by atoms with Crippen LogP contribution in [0.2, 0.25) is 0 Å². The highest BCUT2D eigenvalue weighted by Gasteiger charge is 2.26. The fourth-order valence-electron chi connectivity index (χ4n) is 3.68. The molecule has 1 aromatic heterocycles. The monoisotopic (exact) mass is 456 g/mol. The largest absolute Gasteiger partial charge is 0.382 e. The van der Waals surface area contributed by atoms with Crippen LogP contribution >= 0.6 is 11.6 Å². The van der Waals surface area contributed by atoms with Gasteiger partial charge in [0.2, 0.25) is 10.0 Å². The van der Waals surface area contributed by atoms with Crippen LogP contribution in [0.5, 0.6) is 0 Å². The molecule has 0 amide bonds. The van der Waals surface area contributed by atoms with Gasteiger partial charge in [-0.15, -0.1) is 0 Å². The standard InChI is InChI=1S/C23H25ClN4O2S/c1-2-31(29,30)28-13-8-21(9-14-28)27-23-16-20(15-19-7-12-26-17-22(19)23)18(6-10-24)5-3-4-11-25/h3-7,10,12,15-17,21,27H,2,8-9,13-14H2,1H3/b4-3+,10-6+,18-5+. The zero-order valence-electron chi connectivity index (χ0n) is 17.3. The Morgan fingerprint density at radius 1 is 1.39 bits per heavy atom. The van der Waals surface area contributed by atoms with Gasteiger partial charge in [-0.3, -0.25) is 4.98 Å². The van der Waals surface area contributed by atoms with Crippen LogP contribution in [-0.4, -0.2) is 42.6 Å². The van der Waals surface area contributed by atoms with Crippen LogP contribution in [0.1, 0.15) is 25.3 Å². The first-order chi connectivity index (χ1) is 15.0. The Hall–Kier alpha value is -2.66. The fourth-order valence-corrected chi connectivity index (χ4v) is 4.94. The van der Waals surface area contributed by atoms with Crippen LogP contribution in [0.3, 0.4) is 0 Å². The molecule has 2 aromatic rings. The van der Waals surface area contributed by atoms with Gasteiger partial charge in [-0.05, 0) is 60.6 Å². The van der Waals surface area contributed by atoms with Crippen molar-refractivity contribution in [3.05, 3.63) is 66.0 Å². The number of hydrogen-bond acceptors (Lipinski definition) is 5. The van der Waals surface area contributed by atoms with Crippen molar-refractivity contribution >= 4 is 43.7 Å². The molecule has 1 aromatic carbocycles. The summed E-state index contributed by atoms with van der Waals surface area (Å²) in [6.07, 6.45) is 11.8. The van der Waals surface area contributed by atoms with Crippen LogP contribution in [0.15, 0.2) is 60.4 Å². The average molecular weight is 457 g/mol. The smallest absolute Gasteiger partial charge is 0.213 e.